The molecule has 0 amide bonds. The van der Waals surface area contributed by atoms with Crippen LogP contribution < -0.4 is 5.73 Å². The molecule has 0 spiro atoms. The van der Waals surface area contributed by atoms with Crippen molar-refractivity contribution in [1.29, 1.82) is 0 Å². The summed E-state index contributed by atoms with van der Waals surface area (Å²) in [5, 5.41) is 0. The number of nitrogens with two attached hydrogens (primary N) is 1. The van der Waals surface area contributed by atoms with Crippen LogP contribution in [0.25, 0.3) is 0 Å². The Morgan fingerprint density at radius 3 is 2.48 bits per heavy atom. The molecule has 2 rings (SSSR count). The number of nitrogens with zero attached hydrogens (tertiary/aromatic N) is 1. The maximum atomic E-state index is 5.48. The van der Waals surface area contributed by atoms with Crippen molar-refractivity contribution >= 4 is 0 Å². The van der Waals surface area contributed by atoms with Crippen LogP contribution in [-0.2, 0) is 6.54 Å². The molecular formula is C19H28N2. The molecule has 114 valence electrons. The molecule has 1 saturated heterocycles. The van der Waals surface area contributed by atoms with Crippen LogP contribution in [-0.4, -0.2) is 24.5 Å². The first-order chi connectivity index (χ1) is 10.0. The highest BCUT2D eigenvalue weighted by molar-refractivity contribution is 5.41. The van der Waals surface area contributed by atoms with Gasteiger partial charge in [-0.2, -0.15) is 0 Å². The van der Waals surface area contributed by atoms with Gasteiger partial charge in [-0.05, 0) is 48.9 Å². The lowest BCUT2D eigenvalue weighted by molar-refractivity contribution is 0.108. The zero-order valence-electron chi connectivity index (χ0n) is 13.7. The number of likely N-dealkylation sites (tertiary alicyclic amines) is 1. The fourth-order valence-corrected chi connectivity index (χ4v) is 3.12. The van der Waals surface area contributed by atoms with Crippen molar-refractivity contribution in [2.24, 2.45) is 17.1 Å². The SMILES string of the molecule is CC(C)(C)C1CCN(Cc2ccccc2C#CCN)CC1. The summed E-state index contributed by atoms with van der Waals surface area (Å²) < 4.78 is 0. The maximum Gasteiger partial charge on any atom is 0.0555 e. The zero-order chi connectivity index (χ0) is 15.3. The Kier molecular flexibility index (Phi) is 5.45. The summed E-state index contributed by atoms with van der Waals surface area (Å²) in [6, 6.07) is 8.44. The van der Waals surface area contributed by atoms with Crippen LogP contribution in [0.5, 0.6) is 0 Å². The average molecular weight is 284 g/mol. The third-order valence-corrected chi connectivity index (χ3v) is 4.55. The molecule has 0 saturated carbocycles. The Morgan fingerprint density at radius 2 is 1.86 bits per heavy atom. The first kappa shape index (κ1) is 16.1. The molecule has 2 heteroatoms. The van der Waals surface area contributed by atoms with Crippen molar-refractivity contribution in [2.75, 3.05) is 19.6 Å². The molecule has 0 aromatic heterocycles. The predicted octanol–water partition coefficient (Wildman–Crippen LogP) is 3.25. The Morgan fingerprint density at radius 1 is 1.19 bits per heavy atom. The van der Waals surface area contributed by atoms with Gasteiger partial charge in [0, 0.05) is 12.1 Å². The minimum Gasteiger partial charge on any atom is -0.320 e. The Balaban J connectivity index is 1.98. The molecule has 0 radical (unpaired) electrons. The van der Waals surface area contributed by atoms with Crippen LogP contribution in [0.1, 0.15) is 44.7 Å². The third kappa shape index (κ3) is 4.59. The molecule has 1 aliphatic heterocycles. The fourth-order valence-electron chi connectivity index (χ4n) is 3.12. The summed E-state index contributed by atoms with van der Waals surface area (Å²) in [5.41, 5.74) is 8.38. The van der Waals surface area contributed by atoms with E-state index in [1.807, 2.05) is 0 Å². The molecule has 1 fully saturated rings. The molecule has 2 N–H and O–H groups in total. The summed E-state index contributed by atoms with van der Waals surface area (Å²) in [4.78, 5) is 2.56. The third-order valence-electron chi connectivity index (χ3n) is 4.55. The fraction of sp³-hybridized carbons (Fsp3) is 0.579. The Hall–Kier alpha value is -1.30. The number of piperidine rings is 1. The van der Waals surface area contributed by atoms with Gasteiger partial charge in [0.05, 0.1) is 6.54 Å². The van der Waals surface area contributed by atoms with E-state index in [0.717, 1.165) is 18.0 Å². The molecular weight excluding hydrogens is 256 g/mol. The molecule has 1 heterocycles. The van der Waals surface area contributed by atoms with Gasteiger partial charge in [-0.25, -0.2) is 0 Å². The standard InChI is InChI=1S/C19H28N2/c1-19(2,3)18-10-13-21(14-11-18)15-17-8-5-4-7-16(17)9-6-12-20/h4-5,7-8,18H,10-15,20H2,1-3H3. The Labute approximate surface area is 129 Å². The van der Waals surface area contributed by atoms with Crippen molar-refractivity contribution in [2.45, 2.75) is 40.2 Å². The number of hydrogen-bond acceptors (Lipinski definition) is 2. The van der Waals surface area contributed by atoms with Gasteiger partial charge in [0.25, 0.3) is 0 Å². The van der Waals surface area contributed by atoms with Crippen LogP contribution in [0.2, 0.25) is 0 Å². The lowest BCUT2D eigenvalue weighted by Crippen LogP contribution is -2.37. The van der Waals surface area contributed by atoms with Crippen LogP contribution in [0.15, 0.2) is 24.3 Å². The second-order valence-electron chi connectivity index (χ2n) is 7.08. The van der Waals surface area contributed by atoms with Gasteiger partial charge in [-0.3, -0.25) is 4.90 Å². The topological polar surface area (TPSA) is 29.3 Å². The number of benzene rings is 1. The van der Waals surface area contributed by atoms with E-state index < -0.39 is 0 Å². The van der Waals surface area contributed by atoms with Gasteiger partial charge in [-0.1, -0.05) is 50.8 Å². The Bertz CT molecular complexity index is 508. The van der Waals surface area contributed by atoms with Crippen molar-refractivity contribution < 1.29 is 0 Å². The summed E-state index contributed by atoms with van der Waals surface area (Å²) in [6.07, 6.45) is 2.61. The summed E-state index contributed by atoms with van der Waals surface area (Å²) in [6.45, 7) is 10.9. The minimum absolute atomic E-state index is 0.422. The highest BCUT2D eigenvalue weighted by Gasteiger charge is 2.28. The van der Waals surface area contributed by atoms with Crippen molar-refractivity contribution in [1.82, 2.24) is 4.90 Å². The van der Waals surface area contributed by atoms with E-state index in [1.54, 1.807) is 0 Å². The molecule has 2 nitrogen and oxygen atoms in total. The molecule has 21 heavy (non-hydrogen) atoms. The van der Waals surface area contributed by atoms with E-state index in [1.165, 1.54) is 31.5 Å². The van der Waals surface area contributed by atoms with Crippen LogP contribution in [0.3, 0.4) is 0 Å². The highest BCUT2D eigenvalue weighted by atomic mass is 15.1. The normalized spacial score (nSPS) is 17.3. The van der Waals surface area contributed by atoms with E-state index in [2.05, 4.69) is 61.8 Å². The average Bonchev–Trinajstić information content (AvgIpc) is 2.46. The molecule has 0 unspecified atom stereocenters. The van der Waals surface area contributed by atoms with Gasteiger partial charge < -0.3 is 5.73 Å². The van der Waals surface area contributed by atoms with Crippen molar-refractivity contribution in [3.05, 3.63) is 35.4 Å². The van der Waals surface area contributed by atoms with Gasteiger partial charge >= 0.3 is 0 Å². The first-order valence-corrected chi connectivity index (χ1v) is 8.00. The predicted molar refractivity (Wildman–Crippen MR) is 89.8 cm³/mol. The maximum absolute atomic E-state index is 5.48. The molecule has 0 bridgehead atoms. The lowest BCUT2D eigenvalue weighted by Gasteiger charge is -2.38. The van der Waals surface area contributed by atoms with Gasteiger partial charge in [0.2, 0.25) is 0 Å². The van der Waals surface area contributed by atoms with E-state index >= 15 is 0 Å². The van der Waals surface area contributed by atoms with E-state index in [-0.39, 0.29) is 0 Å². The first-order valence-electron chi connectivity index (χ1n) is 8.00. The van der Waals surface area contributed by atoms with Gasteiger partial charge in [-0.15, -0.1) is 0 Å². The summed E-state index contributed by atoms with van der Waals surface area (Å²) in [5.74, 6) is 7.01. The highest BCUT2D eigenvalue weighted by Crippen LogP contribution is 2.34. The smallest absolute Gasteiger partial charge is 0.0555 e. The summed E-state index contributed by atoms with van der Waals surface area (Å²) in [7, 11) is 0. The molecule has 1 aliphatic rings. The monoisotopic (exact) mass is 284 g/mol. The van der Waals surface area contributed by atoms with Crippen LogP contribution in [0.4, 0.5) is 0 Å². The van der Waals surface area contributed by atoms with E-state index in [0.29, 0.717) is 12.0 Å². The largest absolute Gasteiger partial charge is 0.320 e. The second-order valence-corrected chi connectivity index (χ2v) is 7.08. The van der Waals surface area contributed by atoms with E-state index in [9.17, 15) is 0 Å². The van der Waals surface area contributed by atoms with Crippen LogP contribution >= 0.6 is 0 Å². The van der Waals surface area contributed by atoms with E-state index in [4.69, 9.17) is 5.73 Å². The summed E-state index contributed by atoms with van der Waals surface area (Å²) >= 11 is 0. The van der Waals surface area contributed by atoms with Gasteiger partial charge in [0.1, 0.15) is 0 Å². The zero-order valence-corrected chi connectivity index (χ0v) is 13.7. The van der Waals surface area contributed by atoms with Crippen molar-refractivity contribution in [3.8, 4) is 11.8 Å². The number of rotatable bonds is 2. The quantitative estimate of drug-likeness (QED) is 0.845. The number of hydrogen-bond donors (Lipinski definition) is 1. The molecule has 0 atom stereocenters. The molecule has 1 aromatic carbocycles. The lowest BCUT2D eigenvalue weighted by atomic mass is 9.75. The van der Waals surface area contributed by atoms with Crippen molar-refractivity contribution in [3.63, 3.8) is 0 Å². The van der Waals surface area contributed by atoms with Gasteiger partial charge in [0.15, 0.2) is 0 Å². The second kappa shape index (κ2) is 7.11. The molecule has 1 aromatic rings. The van der Waals surface area contributed by atoms with Crippen LogP contribution in [0, 0.1) is 23.2 Å². The molecule has 0 aliphatic carbocycles. The minimum atomic E-state index is 0.422.